The van der Waals surface area contributed by atoms with Crippen LogP contribution in [0.2, 0.25) is 5.02 Å². The third kappa shape index (κ3) is 4.25. The third-order valence-electron chi connectivity index (χ3n) is 5.94. The summed E-state index contributed by atoms with van der Waals surface area (Å²) in [5.41, 5.74) is 1.93. The number of ether oxygens (including phenoxy) is 1. The number of fused-ring (bicyclic) bond motifs is 2. The number of anilines is 2. The van der Waals surface area contributed by atoms with E-state index in [1.54, 1.807) is 18.2 Å². The Labute approximate surface area is 181 Å². The summed E-state index contributed by atoms with van der Waals surface area (Å²) in [5, 5.41) is 12.7. The molecule has 2 heterocycles. The van der Waals surface area contributed by atoms with Crippen molar-refractivity contribution in [2.24, 2.45) is 11.8 Å². The number of Topliss-reactive ketones (excluding diaryl/α,β-unsaturated/α-hetero) is 1. The molecule has 8 heteroatoms. The van der Waals surface area contributed by atoms with Gasteiger partial charge in [0.1, 0.15) is 24.0 Å². The maximum atomic E-state index is 12.2. The predicted molar refractivity (Wildman–Crippen MR) is 114 cm³/mol. The van der Waals surface area contributed by atoms with Gasteiger partial charge in [-0.15, -0.1) is 0 Å². The maximum absolute atomic E-state index is 12.2. The first-order valence-electron chi connectivity index (χ1n) is 10.1. The van der Waals surface area contributed by atoms with Gasteiger partial charge in [0.2, 0.25) is 5.88 Å². The molecule has 0 spiro atoms. The number of hydrogen-bond acceptors (Lipinski definition) is 7. The van der Waals surface area contributed by atoms with Gasteiger partial charge < -0.3 is 15.0 Å². The Morgan fingerprint density at radius 2 is 2.10 bits per heavy atom. The monoisotopic (exact) mass is 425 g/mol. The fourth-order valence-corrected chi connectivity index (χ4v) is 4.69. The quantitative estimate of drug-likeness (QED) is 0.797. The van der Waals surface area contributed by atoms with E-state index in [4.69, 9.17) is 21.6 Å². The van der Waals surface area contributed by atoms with Crippen molar-refractivity contribution in [3.8, 4) is 11.9 Å². The minimum atomic E-state index is -0.0346. The van der Waals surface area contributed by atoms with Crippen molar-refractivity contribution in [3.05, 3.63) is 40.7 Å². The highest BCUT2D eigenvalue weighted by atomic mass is 35.5. The van der Waals surface area contributed by atoms with Crippen molar-refractivity contribution < 1.29 is 9.53 Å². The highest BCUT2D eigenvalue weighted by Gasteiger charge is 2.41. The Morgan fingerprint density at radius 3 is 2.87 bits per heavy atom. The minimum absolute atomic E-state index is 0.0346. The second-order valence-electron chi connectivity index (χ2n) is 8.19. The molecule has 1 aliphatic carbocycles. The lowest BCUT2D eigenvalue weighted by molar-refractivity contribution is -0.120. The van der Waals surface area contributed by atoms with Gasteiger partial charge in [-0.3, -0.25) is 4.79 Å². The van der Waals surface area contributed by atoms with Crippen LogP contribution in [-0.2, 0) is 4.79 Å². The molecule has 1 aromatic carbocycles. The van der Waals surface area contributed by atoms with Gasteiger partial charge in [0.05, 0.1) is 27.9 Å². The van der Waals surface area contributed by atoms with E-state index >= 15 is 0 Å². The molecule has 1 aromatic heterocycles. The van der Waals surface area contributed by atoms with E-state index in [-0.39, 0.29) is 12.0 Å². The summed E-state index contributed by atoms with van der Waals surface area (Å²) in [5.74, 6) is 1.92. The van der Waals surface area contributed by atoms with Gasteiger partial charge >= 0.3 is 0 Å². The number of halogens is 1. The fourth-order valence-electron chi connectivity index (χ4n) is 4.46. The summed E-state index contributed by atoms with van der Waals surface area (Å²) in [7, 11) is 2.10. The Kier molecular flexibility index (Phi) is 5.89. The van der Waals surface area contributed by atoms with Gasteiger partial charge in [-0.2, -0.15) is 5.26 Å². The molecule has 156 valence electrons. The van der Waals surface area contributed by atoms with Crippen molar-refractivity contribution >= 4 is 28.9 Å². The summed E-state index contributed by atoms with van der Waals surface area (Å²) in [6.07, 6.45) is 3.46. The second kappa shape index (κ2) is 8.58. The molecule has 4 rings (SSSR count). The molecule has 0 radical (unpaired) electrons. The van der Waals surface area contributed by atoms with E-state index < -0.39 is 0 Å². The number of carbonyl (C=O) groups excluding carboxylic acids is 1. The first-order valence-corrected chi connectivity index (χ1v) is 10.5. The molecule has 2 aliphatic rings. The highest BCUT2D eigenvalue weighted by Crippen LogP contribution is 2.36. The molecule has 2 bridgehead atoms. The average Bonchev–Trinajstić information content (AvgIpc) is 2.80. The Hall–Kier alpha value is -2.69. The smallest absolute Gasteiger partial charge is 0.221 e. The number of piperidine rings is 1. The number of likely N-dealkylation sites (tertiary alicyclic amines) is 1. The van der Waals surface area contributed by atoms with Gasteiger partial charge in [-0.05, 0) is 38.6 Å². The number of carbonyl (C=O) groups is 1. The van der Waals surface area contributed by atoms with Crippen LogP contribution in [0.5, 0.6) is 5.88 Å². The number of hydrogen-bond donors (Lipinski definition) is 1. The van der Waals surface area contributed by atoms with Gasteiger partial charge in [-0.25, -0.2) is 9.97 Å². The molecule has 1 saturated carbocycles. The standard InChI is InChI=1S/C22H24ClN5O2/c1-13-21(27-19-6-3-14(9-24)7-18(19)23)25-12-26-22(13)30-20-15-4-5-17(29)8-16(20)11-28(2)10-15/h3,6-7,12,15-16,20H,4-5,8,10-11H2,1-2H3,(H,25,26,27). The summed E-state index contributed by atoms with van der Waals surface area (Å²) in [4.78, 5) is 23.2. The molecule has 2 aromatic rings. The van der Waals surface area contributed by atoms with Crippen LogP contribution in [0.25, 0.3) is 0 Å². The molecule has 1 saturated heterocycles. The number of nitriles is 1. The predicted octanol–water partition coefficient (Wildman–Crippen LogP) is 3.73. The normalized spacial score (nSPS) is 24.1. The molecule has 3 unspecified atom stereocenters. The van der Waals surface area contributed by atoms with Crippen LogP contribution >= 0.6 is 11.6 Å². The van der Waals surface area contributed by atoms with Crippen LogP contribution in [0.1, 0.15) is 30.4 Å². The molecular formula is C22H24ClN5O2. The van der Waals surface area contributed by atoms with Gasteiger partial charge in [0.25, 0.3) is 0 Å². The minimum Gasteiger partial charge on any atom is -0.473 e. The Balaban J connectivity index is 1.57. The van der Waals surface area contributed by atoms with Gasteiger partial charge in [-0.1, -0.05) is 11.6 Å². The average molecular weight is 426 g/mol. The van der Waals surface area contributed by atoms with E-state index in [0.717, 1.165) is 25.1 Å². The Bertz CT molecular complexity index is 1010. The summed E-state index contributed by atoms with van der Waals surface area (Å²) >= 11 is 6.29. The number of ketones is 1. The largest absolute Gasteiger partial charge is 0.473 e. The van der Waals surface area contributed by atoms with E-state index in [2.05, 4.69) is 33.3 Å². The number of nitrogens with one attached hydrogen (secondary N) is 1. The number of benzene rings is 1. The first-order chi connectivity index (χ1) is 14.4. The molecule has 30 heavy (non-hydrogen) atoms. The SMILES string of the molecule is Cc1c(Nc2ccc(C#N)cc2Cl)ncnc1OC1C2CCC(=O)CC1CN(C)C2. The van der Waals surface area contributed by atoms with Crippen LogP contribution in [-0.4, -0.2) is 46.9 Å². The highest BCUT2D eigenvalue weighted by molar-refractivity contribution is 6.33. The van der Waals surface area contributed by atoms with Crippen molar-refractivity contribution in [1.82, 2.24) is 14.9 Å². The van der Waals surface area contributed by atoms with Crippen LogP contribution in [0.3, 0.4) is 0 Å². The molecule has 2 fully saturated rings. The summed E-state index contributed by atoms with van der Waals surface area (Å²) in [6.45, 7) is 3.67. The molecule has 0 amide bonds. The van der Waals surface area contributed by atoms with Crippen LogP contribution < -0.4 is 10.1 Å². The topological polar surface area (TPSA) is 91.1 Å². The van der Waals surface area contributed by atoms with Crippen LogP contribution in [0.15, 0.2) is 24.5 Å². The third-order valence-corrected chi connectivity index (χ3v) is 6.25. The van der Waals surface area contributed by atoms with Crippen LogP contribution in [0, 0.1) is 30.1 Å². The summed E-state index contributed by atoms with van der Waals surface area (Å²) < 4.78 is 6.43. The zero-order valence-corrected chi connectivity index (χ0v) is 17.8. The van der Waals surface area contributed by atoms with Crippen molar-refractivity contribution in [3.63, 3.8) is 0 Å². The molecule has 7 nitrogen and oxygen atoms in total. The summed E-state index contributed by atoms with van der Waals surface area (Å²) in [6, 6.07) is 7.13. The molecule has 3 atom stereocenters. The first kappa shape index (κ1) is 20.6. The maximum Gasteiger partial charge on any atom is 0.221 e. The van der Waals surface area contributed by atoms with Gasteiger partial charge in [0, 0.05) is 37.8 Å². The van der Waals surface area contributed by atoms with Crippen molar-refractivity contribution in [2.75, 3.05) is 25.5 Å². The lowest BCUT2D eigenvalue weighted by Crippen LogP contribution is -2.49. The molecule has 1 N–H and O–H groups in total. The van der Waals surface area contributed by atoms with Crippen LogP contribution in [0.4, 0.5) is 11.5 Å². The van der Waals surface area contributed by atoms with E-state index in [9.17, 15) is 4.79 Å². The van der Waals surface area contributed by atoms with Crippen molar-refractivity contribution in [2.45, 2.75) is 32.3 Å². The number of rotatable bonds is 4. The zero-order chi connectivity index (χ0) is 21.3. The van der Waals surface area contributed by atoms with E-state index in [1.807, 2.05) is 6.92 Å². The van der Waals surface area contributed by atoms with E-state index in [1.165, 1.54) is 6.33 Å². The molecule has 1 aliphatic heterocycles. The fraction of sp³-hybridized carbons (Fsp3) is 0.455. The molecular weight excluding hydrogens is 402 g/mol. The number of aromatic nitrogens is 2. The Morgan fingerprint density at radius 1 is 1.30 bits per heavy atom. The van der Waals surface area contributed by atoms with Gasteiger partial charge in [0.15, 0.2) is 0 Å². The van der Waals surface area contributed by atoms with Crippen molar-refractivity contribution in [1.29, 1.82) is 5.26 Å². The number of nitrogens with zero attached hydrogens (tertiary/aromatic N) is 4. The zero-order valence-electron chi connectivity index (χ0n) is 17.1. The van der Waals surface area contributed by atoms with E-state index in [0.29, 0.717) is 52.5 Å². The lowest BCUT2D eigenvalue weighted by Gasteiger charge is -2.40. The lowest BCUT2D eigenvalue weighted by atomic mass is 9.85. The second-order valence-corrected chi connectivity index (χ2v) is 8.60.